The minimum atomic E-state index is -0.206. The predicted octanol–water partition coefficient (Wildman–Crippen LogP) is 2.50. The summed E-state index contributed by atoms with van der Waals surface area (Å²) in [6.07, 6.45) is 4.81. The Morgan fingerprint density at radius 1 is 1.27 bits per heavy atom. The molecular formula is C19H24N5O2+. The van der Waals surface area contributed by atoms with Gasteiger partial charge in [-0.15, -0.1) is 5.10 Å². The van der Waals surface area contributed by atoms with Crippen LogP contribution < -0.4 is 5.32 Å². The number of fused-ring (bicyclic) bond motifs is 1. The molecule has 2 aromatic heterocycles. The average molecular weight is 354 g/mol. The molecule has 0 saturated heterocycles. The van der Waals surface area contributed by atoms with E-state index in [-0.39, 0.29) is 11.5 Å². The number of ketones is 1. The third-order valence-corrected chi connectivity index (χ3v) is 4.18. The minimum Gasteiger partial charge on any atom is -0.505 e. The van der Waals surface area contributed by atoms with E-state index in [0.29, 0.717) is 22.8 Å². The number of hydrogen-bond donors (Lipinski definition) is 2. The standard InChI is InChI=1S/C19H23N5O2/c1-13-16(25)9-8-14(18(13)26)21-17-15-7-5-6-11-23(15)22-19(17)20-10-12-24(2,3)4/h5-9,11H,10,12H2,1-4H3,(H-,20,22,25,26)/p+1/b21-14+. The maximum absolute atomic E-state index is 11.7. The molecule has 3 rings (SSSR count). The molecule has 0 radical (unpaired) electrons. The van der Waals surface area contributed by atoms with Gasteiger partial charge in [-0.3, -0.25) is 4.79 Å². The number of aliphatic hydroxyl groups is 1. The molecule has 2 aromatic rings. The highest BCUT2D eigenvalue weighted by atomic mass is 16.3. The maximum Gasteiger partial charge on any atom is 0.185 e. The van der Waals surface area contributed by atoms with Crippen molar-refractivity contribution in [2.45, 2.75) is 6.92 Å². The minimum absolute atomic E-state index is 0.0925. The lowest BCUT2D eigenvalue weighted by molar-refractivity contribution is -0.868. The number of nitrogens with zero attached hydrogens (tertiary/aromatic N) is 4. The SMILES string of the molecule is CC1=C(O)/C(=N/c2c(NCC[N+](C)(C)C)nn3ccccc23)C=CC1=O. The van der Waals surface area contributed by atoms with Crippen LogP contribution >= 0.6 is 0 Å². The fourth-order valence-corrected chi connectivity index (χ4v) is 2.60. The zero-order valence-corrected chi connectivity index (χ0v) is 15.5. The van der Waals surface area contributed by atoms with Crippen LogP contribution in [0.3, 0.4) is 0 Å². The van der Waals surface area contributed by atoms with E-state index in [1.807, 2.05) is 24.4 Å². The second kappa shape index (κ2) is 6.76. The summed E-state index contributed by atoms with van der Waals surface area (Å²) in [4.78, 5) is 16.3. The zero-order valence-electron chi connectivity index (χ0n) is 15.5. The lowest BCUT2D eigenvalue weighted by atomic mass is 10.0. The van der Waals surface area contributed by atoms with Crippen LogP contribution in [0.2, 0.25) is 0 Å². The van der Waals surface area contributed by atoms with Crippen LogP contribution in [-0.4, -0.2) is 64.9 Å². The molecule has 0 bridgehead atoms. The number of nitrogens with one attached hydrogen (secondary N) is 1. The number of allylic oxidation sites excluding steroid dienone is 3. The normalized spacial score (nSPS) is 16.8. The molecule has 0 fully saturated rings. The van der Waals surface area contributed by atoms with Crippen LogP contribution in [0.15, 0.2) is 52.9 Å². The van der Waals surface area contributed by atoms with E-state index >= 15 is 0 Å². The third-order valence-electron chi connectivity index (χ3n) is 4.18. The molecule has 7 nitrogen and oxygen atoms in total. The van der Waals surface area contributed by atoms with Crippen molar-refractivity contribution >= 4 is 28.5 Å². The Labute approximate surface area is 152 Å². The number of carbonyl (C=O) groups is 1. The molecule has 0 spiro atoms. The van der Waals surface area contributed by atoms with Gasteiger partial charge in [0.2, 0.25) is 0 Å². The van der Waals surface area contributed by atoms with Gasteiger partial charge in [0.15, 0.2) is 11.6 Å². The van der Waals surface area contributed by atoms with E-state index in [0.717, 1.165) is 23.1 Å². The Bertz CT molecular complexity index is 944. The number of quaternary nitrogens is 1. The molecule has 136 valence electrons. The number of pyridine rings is 1. The summed E-state index contributed by atoms with van der Waals surface area (Å²) < 4.78 is 2.58. The summed E-state index contributed by atoms with van der Waals surface area (Å²) in [5, 5.41) is 18.2. The number of rotatable bonds is 5. The number of aliphatic hydroxyl groups excluding tert-OH is 1. The second-order valence-electron chi connectivity index (χ2n) is 7.34. The molecule has 0 amide bonds. The van der Waals surface area contributed by atoms with Gasteiger partial charge in [0.25, 0.3) is 0 Å². The van der Waals surface area contributed by atoms with E-state index in [9.17, 15) is 9.90 Å². The highest BCUT2D eigenvalue weighted by molar-refractivity contribution is 6.21. The van der Waals surface area contributed by atoms with Gasteiger partial charge in [-0.25, -0.2) is 9.51 Å². The summed E-state index contributed by atoms with van der Waals surface area (Å²) in [7, 11) is 6.38. The monoisotopic (exact) mass is 354 g/mol. The smallest absolute Gasteiger partial charge is 0.185 e. The molecule has 0 unspecified atom stereocenters. The average Bonchev–Trinajstić information content (AvgIpc) is 2.92. The van der Waals surface area contributed by atoms with E-state index in [1.54, 1.807) is 11.4 Å². The van der Waals surface area contributed by atoms with Gasteiger partial charge < -0.3 is 14.9 Å². The van der Waals surface area contributed by atoms with Crippen molar-refractivity contribution in [2.75, 3.05) is 39.5 Å². The molecule has 0 atom stereocenters. The Morgan fingerprint density at radius 3 is 2.77 bits per heavy atom. The second-order valence-corrected chi connectivity index (χ2v) is 7.34. The Morgan fingerprint density at radius 2 is 2.04 bits per heavy atom. The van der Waals surface area contributed by atoms with Gasteiger partial charge >= 0.3 is 0 Å². The lowest BCUT2D eigenvalue weighted by Crippen LogP contribution is -2.38. The van der Waals surface area contributed by atoms with Crippen molar-refractivity contribution in [3.05, 3.63) is 47.9 Å². The Hall–Kier alpha value is -2.93. The summed E-state index contributed by atoms with van der Waals surface area (Å²) in [6.45, 7) is 3.25. The fraction of sp³-hybridized carbons (Fsp3) is 0.316. The highest BCUT2D eigenvalue weighted by Gasteiger charge is 2.19. The van der Waals surface area contributed by atoms with E-state index < -0.39 is 0 Å². The molecule has 7 heteroatoms. The molecule has 2 heterocycles. The van der Waals surface area contributed by atoms with E-state index in [2.05, 4.69) is 36.6 Å². The van der Waals surface area contributed by atoms with Crippen molar-refractivity contribution in [1.29, 1.82) is 0 Å². The first-order valence-electron chi connectivity index (χ1n) is 8.49. The quantitative estimate of drug-likeness (QED) is 0.639. The summed E-state index contributed by atoms with van der Waals surface area (Å²) >= 11 is 0. The molecule has 2 N–H and O–H groups in total. The van der Waals surface area contributed by atoms with Crippen molar-refractivity contribution < 1.29 is 14.4 Å². The van der Waals surface area contributed by atoms with E-state index in [4.69, 9.17) is 0 Å². The van der Waals surface area contributed by atoms with Crippen LogP contribution in [-0.2, 0) is 4.79 Å². The van der Waals surface area contributed by atoms with Gasteiger partial charge in [0.05, 0.1) is 39.7 Å². The third kappa shape index (κ3) is 3.67. The Balaban J connectivity index is 2.01. The van der Waals surface area contributed by atoms with Crippen LogP contribution in [0.1, 0.15) is 6.92 Å². The molecule has 0 aromatic carbocycles. The number of aliphatic imine (C=N–C) groups is 1. The van der Waals surface area contributed by atoms with Gasteiger partial charge in [0, 0.05) is 11.8 Å². The highest BCUT2D eigenvalue weighted by Crippen LogP contribution is 2.31. The molecule has 0 saturated carbocycles. The molecular weight excluding hydrogens is 330 g/mol. The number of anilines is 1. The summed E-state index contributed by atoms with van der Waals surface area (Å²) in [5.74, 6) is 0.348. The van der Waals surface area contributed by atoms with Crippen molar-refractivity contribution in [2.24, 2.45) is 4.99 Å². The molecule has 1 aliphatic rings. The molecule has 0 aliphatic heterocycles. The van der Waals surface area contributed by atoms with Gasteiger partial charge in [-0.05, 0) is 31.2 Å². The van der Waals surface area contributed by atoms with Crippen LogP contribution in [0.4, 0.5) is 11.5 Å². The molecule has 1 aliphatic carbocycles. The lowest BCUT2D eigenvalue weighted by Gasteiger charge is -2.23. The largest absolute Gasteiger partial charge is 0.505 e. The van der Waals surface area contributed by atoms with Gasteiger partial charge in [0.1, 0.15) is 17.2 Å². The van der Waals surface area contributed by atoms with Crippen LogP contribution in [0.25, 0.3) is 5.52 Å². The van der Waals surface area contributed by atoms with Gasteiger partial charge in [-0.2, -0.15) is 0 Å². The topological polar surface area (TPSA) is 79.0 Å². The van der Waals surface area contributed by atoms with Gasteiger partial charge in [-0.1, -0.05) is 6.07 Å². The Kier molecular flexibility index (Phi) is 4.65. The van der Waals surface area contributed by atoms with Crippen LogP contribution in [0, 0.1) is 0 Å². The summed E-state index contributed by atoms with van der Waals surface area (Å²) in [6, 6.07) is 5.73. The van der Waals surface area contributed by atoms with Crippen molar-refractivity contribution in [1.82, 2.24) is 9.61 Å². The molecule has 26 heavy (non-hydrogen) atoms. The summed E-state index contributed by atoms with van der Waals surface area (Å²) in [5.41, 5.74) is 2.11. The first-order valence-corrected chi connectivity index (χ1v) is 8.49. The van der Waals surface area contributed by atoms with Crippen molar-refractivity contribution in [3.63, 3.8) is 0 Å². The number of aromatic nitrogens is 2. The van der Waals surface area contributed by atoms with E-state index in [1.165, 1.54) is 12.2 Å². The van der Waals surface area contributed by atoms with Crippen LogP contribution in [0.5, 0.6) is 0 Å². The van der Waals surface area contributed by atoms with Crippen molar-refractivity contribution in [3.8, 4) is 0 Å². The maximum atomic E-state index is 11.7. The zero-order chi connectivity index (χ0) is 18.9. The first-order chi connectivity index (χ1) is 12.3. The number of hydrogen-bond acceptors (Lipinski definition) is 5. The number of likely N-dealkylation sites (N-methyl/N-ethyl adjacent to an activating group) is 1. The number of carbonyl (C=O) groups excluding carboxylic acids is 1. The predicted molar refractivity (Wildman–Crippen MR) is 103 cm³/mol. The first kappa shape index (κ1) is 17.9. The fourth-order valence-electron chi connectivity index (χ4n) is 2.60.